The Labute approximate surface area is 152 Å². The Balaban J connectivity index is 1.76. The van der Waals surface area contributed by atoms with Gasteiger partial charge >= 0.3 is 12.1 Å². The molecule has 0 saturated heterocycles. The highest BCUT2D eigenvalue weighted by molar-refractivity contribution is 6.32. The van der Waals surface area contributed by atoms with E-state index in [1.807, 2.05) is 0 Å². The maximum absolute atomic E-state index is 13.2. The second-order valence-electron chi connectivity index (χ2n) is 5.93. The first-order valence-corrected chi connectivity index (χ1v) is 8.32. The van der Waals surface area contributed by atoms with Crippen molar-refractivity contribution < 1.29 is 27.4 Å². The molecule has 1 aromatic carbocycles. The molecule has 8 heteroatoms. The number of ether oxygens (including phenoxy) is 2. The zero-order valence-corrected chi connectivity index (χ0v) is 14.5. The van der Waals surface area contributed by atoms with Crippen molar-refractivity contribution in [2.45, 2.75) is 31.4 Å². The summed E-state index contributed by atoms with van der Waals surface area (Å²) in [6, 6.07) is 6.98. The van der Waals surface area contributed by atoms with Gasteiger partial charge in [0.1, 0.15) is 5.75 Å². The van der Waals surface area contributed by atoms with Crippen molar-refractivity contribution in [2.75, 3.05) is 6.61 Å². The predicted octanol–water partition coefficient (Wildman–Crippen LogP) is 5.30. The monoisotopic (exact) mass is 385 g/mol. The van der Waals surface area contributed by atoms with Gasteiger partial charge in [-0.05, 0) is 43.5 Å². The fourth-order valence-electron chi connectivity index (χ4n) is 2.63. The summed E-state index contributed by atoms with van der Waals surface area (Å²) in [6.07, 6.45) is -2.89. The van der Waals surface area contributed by atoms with E-state index in [0.29, 0.717) is 0 Å². The van der Waals surface area contributed by atoms with Gasteiger partial charge in [0.15, 0.2) is 0 Å². The van der Waals surface area contributed by atoms with Crippen molar-refractivity contribution in [3.8, 4) is 11.6 Å². The van der Waals surface area contributed by atoms with Crippen molar-refractivity contribution in [1.29, 1.82) is 0 Å². The lowest BCUT2D eigenvalue weighted by atomic mass is 9.95. The predicted molar refractivity (Wildman–Crippen MR) is 88.7 cm³/mol. The molecule has 1 aliphatic rings. The Morgan fingerprint density at radius 2 is 2.00 bits per heavy atom. The quantitative estimate of drug-likeness (QED) is 0.655. The minimum absolute atomic E-state index is 0.0594. The Bertz CT molecular complexity index is 817. The molecule has 1 fully saturated rings. The van der Waals surface area contributed by atoms with Gasteiger partial charge in [0, 0.05) is 12.3 Å². The number of esters is 1. The normalized spacial score (nSPS) is 15.4. The van der Waals surface area contributed by atoms with E-state index >= 15 is 0 Å². The highest BCUT2D eigenvalue weighted by atomic mass is 35.5. The van der Waals surface area contributed by atoms with Gasteiger partial charge in [-0.1, -0.05) is 17.7 Å². The molecule has 26 heavy (non-hydrogen) atoms. The number of nitrogens with zero attached hydrogens (tertiary/aromatic N) is 1. The van der Waals surface area contributed by atoms with Crippen molar-refractivity contribution >= 4 is 17.6 Å². The van der Waals surface area contributed by atoms with Gasteiger partial charge in [-0.15, -0.1) is 0 Å². The molecule has 0 bridgehead atoms. The average Bonchev–Trinajstić information content (AvgIpc) is 3.39. The zero-order valence-electron chi connectivity index (χ0n) is 13.8. The summed E-state index contributed by atoms with van der Waals surface area (Å²) < 4.78 is 49.9. The van der Waals surface area contributed by atoms with Crippen molar-refractivity contribution in [3.05, 3.63) is 52.7 Å². The summed E-state index contributed by atoms with van der Waals surface area (Å²) >= 11 is 6.09. The fourth-order valence-corrected chi connectivity index (χ4v) is 2.85. The number of rotatable bonds is 5. The van der Waals surface area contributed by atoms with E-state index in [-0.39, 0.29) is 47.2 Å². The van der Waals surface area contributed by atoms with Crippen LogP contribution in [0.25, 0.3) is 0 Å². The highest BCUT2D eigenvalue weighted by Crippen LogP contribution is 2.59. The van der Waals surface area contributed by atoms with Crippen molar-refractivity contribution in [2.24, 2.45) is 0 Å². The summed E-state index contributed by atoms with van der Waals surface area (Å²) in [6.45, 7) is 1.94. The first-order valence-electron chi connectivity index (χ1n) is 7.94. The molecule has 0 atom stereocenters. The molecular formula is C18H15ClF3NO3. The van der Waals surface area contributed by atoms with E-state index in [9.17, 15) is 18.0 Å². The lowest BCUT2D eigenvalue weighted by Gasteiger charge is -2.20. The van der Waals surface area contributed by atoms with Gasteiger partial charge in [0.05, 0.1) is 22.6 Å². The Morgan fingerprint density at radius 1 is 1.27 bits per heavy atom. The van der Waals surface area contributed by atoms with Crippen LogP contribution < -0.4 is 4.74 Å². The second-order valence-corrected chi connectivity index (χ2v) is 6.34. The molecule has 0 unspecified atom stereocenters. The van der Waals surface area contributed by atoms with E-state index < -0.39 is 17.6 Å². The largest absolute Gasteiger partial charge is 0.462 e. The second kappa shape index (κ2) is 6.79. The third-order valence-corrected chi connectivity index (χ3v) is 4.53. The average molecular weight is 386 g/mol. The molecule has 4 nitrogen and oxygen atoms in total. The summed E-state index contributed by atoms with van der Waals surface area (Å²) in [5.74, 6) is -0.162. The van der Waals surface area contributed by atoms with Gasteiger partial charge in [0.25, 0.3) is 0 Å². The van der Waals surface area contributed by atoms with Crippen LogP contribution in [0, 0.1) is 0 Å². The van der Waals surface area contributed by atoms with Crippen LogP contribution >= 0.6 is 11.6 Å². The van der Waals surface area contributed by atoms with E-state index in [4.69, 9.17) is 21.1 Å². The minimum atomic E-state index is -4.30. The molecule has 0 amide bonds. The van der Waals surface area contributed by atoms with Gasteiger partial charge in [-0.2, -0.15) is 13.2 Å². The molecule has 0 aliphatic heterocycles. The minimum Gasteiger partial charge on any atom is -0.462 e. The smallest absolute Gasteiger partial charge is 0.398 e. The molecule has 138 valence electrons. The first-order chi connectivity index (χ1) is 12.3. The SMILES string of the molecule is CCOC(=O)c1ccc(Oc2ccc(C3(C(F)(F)F)CC3)cc2Cl)nc1. The van der Waals surface area contributed by atoms with Crippen LogP contribution in [0.1, 0.15) is 35.7 Å². The van der Waals surface area contributed by atoms with Crippen LogP contribution in [-0.4, -0.2) is 23.7 Å². The van der Waals surface area contributed by atoms with Crippen LogP contribution in [0.15, 0.2) is 36.5 Å². The summed E-state index contributed by atoms with van der Waals surface area (Å²) in [7, 11) is 0. The molecule has 1 heterocycles. The topological polar surface area (TPSA) is 48.4 Å². The first kappa shape index (κ1) is 18.5. The van der Waals surface area contributed by atoms with E-state index in [0.717, 1.165) is 0 Å². The van der Waals surface area contributed by atoms with Crippen molar-refractivity contribution in [3.63, 3.8) is 0 Å². The molecule has 0 N–H and O–H groups in total. The molecule has 2 aromatic rings. The lowest BCUT2D eigenvalue weighted by Crippen LogP contribution is -2.28. The zero-order chi connectivity index (χ0) is 18.9. The highest BCUT2D eigenvalue weighted by Gasteiger charge is 2.64. The third-order valence-electron chi connectivity index (χ3n) is 4.24. The van der Waals surface area contributed by atoms with Crippen LogP contribution in [0.4, 0.5) is 13.2 Å². The lowest BCUT2D eigenvalue weighted by molar-refractivity contribution is -0.160. The van der Waals surface area contributed by atoms with Crippen molar-refractivity contribution in [1.82, 2.24) is 4.98 Å². The standard InChI is InChI=1S/C18H15ClF3NO3/c1-2-25-16(24)11-3-6-15(23-10-11)26-14-5-4-12(9-13(14)19)17(7-8-17)18(20,21)22/h3-6,9-10H,2,7-8H2,1H3. The summed E-state index contributed by atoms with van der Waals surface area (Å²) in [5.41, 5.74) is -1.40. The number of benzene rings is 1. The Morgan fingerprint density at radius 3 is 2.50 bits per heavy atom. The molecular weight excluding hydrogens is 371 g/mol. The number of aromatic nitrogens is 1. The number of hydrogen-bond donors (Lipinski definition) is 0. The fraction of sp³-hybridized carbons (Fsp3) is 0.333. The van der Waals surface area contributed by atoms with Crippen LogP contribution in [0.5, 0.6) is 11.6 Å². The van der Waals surface area contributed by atoms with E-state index in [1.54, 1.807) is 6.92 Å². The van der Waals surface area contributed by atoms with Crippen LogP contribution in [-0.2, 0) is 10.2 Å². The third kappa shape index (κ3) is 3.49. The van der Waals surface area contributed by atoms with E-state index in [1.165, 1.54) is 36.5 Å². The Hall–Kier alpha value is -2.28. The van der Waals surface area contributed by atoms with Gasteiger partial charge in [-0.25, -0.2) is 9.78 Å². The van der Waals surface area contributed by atoms with E-state index in [2.05, 4.69) is 4.98 Å². The van der Waals surface area contributed by atoms with Crippen LogP contribution in [0.3, 0.4) is 0 Å². The molecule has 3 rings (SSSR count). The molecule has 0 radical (unpaired) electrons. The number of carbonyl (C=O) groups is 1. The number of alkyl halides is 3. The molecule has 1 saturated carbocycles. The summed E-state index contributed by atoms with van der Waals surface area (Å²) in [4.78, 5) is 15.6. The number of halogens is 4. The van der Waals surface area contributed by atoms with Gasteiger partial charge in [0.2, 0.25) is 5.88 Å². The number of hydrogen-bond acceptors (Lipinski definition) is 4. The van der Waals surface area contributed by atoms with Gasteiger partial charge < -0.3 is 9.47 Å². The Kier molecular flexibility index (Phi) is 4.84. The molecule has 1 aliphatic carbocycles. The number of pyridine rings is 1. The van der Waals surface area contributed by atoms with Crippen LogP contribution in [0.2, 0.25) is 5.02 Å². The van der Waals surface area contributed by atoms with Gasteiger partial charge in [-0.3, -0.25) is 0 Å². The summed E-state index contributed by atoms with van der Waals surface area (Å²) in [5, 5.41) is 0.0642. The molecule has 0 spiro atoms. The maximum Gasteiger partial charge on any atom is 0.398 e. The maximum atomic E-state index is 13.2. The molecule has 1 aromatic heterocycles. The number of carbonyl (C=O) groups excluding carboxylic acids is 1.